The molecule has 1 atom stereocenters. The van der Waals surface area contributed by atoms with Crippen LogP contribution in [0.4, 0.5) is 8.78 Å². The quantitative estimate of drug-likeness (QED) is 0.297. The maximum absolute atomic E-state index is 13.6. The maximum atomic E-state index is 13.6. The molecule has 3 aliphatic rings. The molecule has 1 unspecified atom stereocenters. The molecule has 0 spiro atoms. The second kappa shape index (κ2) is 11.6. The van der Waals surface area contributed by atoms with Crippen LogP contribution in [-0.4, -0.2) is 52.0 Å². The number of carbonyl (C=O) groups is 2. The van der Waals surface area contributed by atoms with Crippen LogP contribution in [0.25, 0.3) is 0 Å². The van der Waals surface area contributed by atoms with E-state index in [1.165, 1.54) is 24.3 Å². The van der Waals surface area contributed by atoms with Crippen LogP contribution in [0.3, 0.4) is 0 Å². The first-order valence-electron chi connectivity index (χ1n) is 11.8. The van der Waals surface area contributed by atoms with Crippen LogP contribution in [0.2, 0.25) is 10.0 Å². The molecule has 10 nitrogen and oxygen atoms in total. The lowest BCUT2D eigenvalue weighted by Gasteiger charge is -2.57. The number of carbonyl (C=O) groups excluding carboxylic acids is 2. The third-order valence-electron chi connectivity index (χ3n) is 6.87. The van der Waals surface area contributed by atoms with Crippen LogP contribution in [0.15, 0.2) is 36.4 Å². The number of phosphoric ester groups is 1. The molecule has 4 N–H and O–H groups in total. The predicted octanol–water partition coefficient (Wildman–Crippen LogP) is 3.90. The summed E-state index contributed by atoms with van der Waals surface area (Å²) < 4.78 is 54.8. The van der Waals surface area contributed by atoms with E-state index in [0.29, 0.717) is 12.8 Å². The van der Waals surface area contributed by atoms with Gasteiger partial charge >= 0.3 is 7.82 Å². The maximum Gasteiger partial charge on any atom is 0.469 e. The first kappa shape index (κ1) is 29.5. The van der Waals surface area contributed by atoms with Gasteiger partial charge in [0.25, 0.3) is 11.8 Å². The number of ether oxygens (including phenoxy) is 2. The van der Waals surface area contributed by atoms with Crippen molar-refractivity contribution in [3.63, 3.8) is 0 Å². The van der Waals surface area contributed by atoms with Crippen LogP contribution in [-0.2, 0) is 18.7 Å². The number of benzene rings is 2. The minimum absolute atomic E-state index is 0.00293. The van der Waals surface area contributed by atoms with Crippen LogP contribution in [0, 0.1) is 11.6 Å². The molecule has 39 heavy (non-hydrogen) atoms. The molecule has 15 heteroatoms. The van der Waals surface area contributed by atoms with E-state index in [9.17, 15) is 32.7 Å². The molecule has 0 aliphatic heterocycles. The van der Waals surface area contributed by atoms with Gasteiger partial charge in [0, 0.05) is 17.7 Å². The third-order valence-corrected chi connectivity index (χ3v) is 8.01. The van der Waals surface area contributed by atoms with Gasteiger partial charge in [-0.1, -0.05) is 23.2 Å². The molecule has 2 bridgehead atoms. The highest BCUT2D eigenvalue weighted by Crippen LogP contribution is 2.52. The van der Waals surface area contributed by atoms with Gasteiger partial charge in [-0.05, 0) is 56.4 Å². The van der Waals surface area contributed by atoms with Gasteiger partial charge in [-0.15, -0.1) is 0 Å². The van der Waals surface area contributed by atoms with Gasteiger partial charge in [0.05, 0.1) is 21.7 Å². The van der Waals surface area contributed by atoms with E-state index in [1.54, 1.807) is 0 Å². The zero-order valence-corrected chi connectivity index (χ0v) is 22.7. The van der Waals surface area contributed by atoms with Gasteiger partial charge in [0.15, 0.2) is 13.2 Å². The number of hydrogen-bond acceptors (Lipinski definition) is 6. The number of halogens is 4. The van der Waals surface area contributed by atoms with Crippen molar-refractivity contribution in [1.29, 1.82) is 0 Å². The Kier molecular flexibility index (Phi) is 8.75. The van der Waals surface area contributed by atoms with Gasteiger partial charge < -0.3 is 29.9 Å². The van der Waals surface area contributed by atoms with E-state index < -0.39 is 61.7 Å². The van der Waals surface area contributed by atoms with Crippen molar-refractivity contribution >= 4 is 42.8 Å². The Morgan fingerprint density at radius 2 is 1.38 bits per heavy atom. The first-order chi connectivity index (χ1) is 18.3. The summed E-state index contributed by atoms with van der Waals surface area (Å²) in [5, 5.41) is 5.44. The average Bonchev–Trinajstić information content (AvgIpc) is 2.85. The van der Waals surface area contributed by atoms with E-state index in [4.69, 9.17) is 37.2 Å². The number of rotatable bonds is 10. The summed E-state index contributed by atoms with van der Waals surface area (Å²) in [6, 6.07) is 7.44. The fourth-order valence-electron chi connectivity index (χ4n) is 5.01. The first-order valence-corrected chi connectivity index (χ1v) is 14.1. The monoisotopic (exact) mass is 608 g/mol. The van der Waals surface area contributed by atoms with E-state index in [-0.39, 0.29) is 40.8 Å². The molecule has 212 valence electrons. The van der Waals surface area contributed by atoms with Crippen molar-refractivity contribution < 1.29 is 46.7 Å². The molecule has 5 rings (SSSR count). The van der Waals surface area contributed by atoms with E-state index in [2.05, 4.69) is 10.6 Å². The molecule has 0 heterocycles. The second-order valence-corrected chi connectivity index (χ2v) is 11.6. The van der Waals surface area contributed by atoms with E-state index in [1.807, 2.05) is 0 Å². The number of hydrogen-bond donors (Lipinski definition) is 4. The second-order valence-electron chi connectivity index (χ2n) is 9.55. The summed E-state index contributed by atoms with van der Waals surface area (Å²) in [4.78, 5) is 44.4. The summed E-state index contributed by atoms with van der Waals surface area (Å²) in [5.41, 5.74) is -1.99. The van der Waals surface area contributed by atoms with E-state index >= 15 is 0 Å². The average molecular weight is 609 g/mol. The van der Waals surface area contributed by atoms with Crippen molar-refractivity contribution in [2.24, 2.45) is 0 Å². The Labute approximate surface area is 232 Å². The Morgan fingerprint density at radius 1 is 0.897 bits per heavy atom. The number of nitrogens with one attached hydrogen (secondary N) is 2. The molecule has 0 radical (unpaired) electrons. The highest BCUT2D eigenvalue weighted by atomic mass is 35.5. The minimum Gasteiger partial charge on any atom is -0.484 e. The van der Waals surface area contributed by atoms with Crippen LogP contribution in [0.5, 0.6) is 11.5 Å². The lowest BCUT2D eigenvalue weighted by molar-refractivity contribution is -0.136. The summed E-state index contributed by atoms with van der Waals surface area (Å²) in [5.74, 6) is -2.37. The molecule has 2 aromatic rings. The zero-order chi connectivity index (χ0) is 28.4. The molecule has 0 aromatic heterocycles. The van der Waals surface area contributed by atoms with Gasteiger partial charge in [0.1, 0.15) is 23.1 Å². The smallest absolute Gasteiger partial charge is 0.469 e. The van der Waals surface area contributed by atoms with Crippen LogP contribution in [0.1, 0.15) is 32.1 Å². The van der Waals surface area contributed by atoms with Crippen LogP contribution >= 0.6 is 31.0 Å². The lowest BCUT2D eigenvalue weighted by atomic mass is 9.60. The minimum atomic E-state index is -4.97. The van der Waals surface area contributed by atoms with Gasteiger partial charge in [0.2, 0.25) is 0 Å². The molecular weight excluding hydrogens is 584 g/mol. The number of amides is 2. The Morgan fingerprint density at radius 3 is 1.85 bits per heavy atom. The van der Waals surface area contributed by atoms with Crippen molar-refractivity contribution in [3.8, 4) is 11.5 Å². The summed E-state index contributed by atoms with van der Waals surface area (Å²) in [6.45, 7) is -0.923. The normalized spacial score (nSPS) is 24.2. The fourth-order valence-corrected chi connectivity index (χ4v) is 5.86. The molecular formula is C24H25Cl2F2N2O8P. The highest BCUT2D eigenvalue weighted by Gasteiger charge is 2.57. The Hall–Kier alpha value is -2.47. The van der Waals surface area contributed by atoms with Crippen molar-refractivity contribution in [1.82, 2.24) is 10.6 Å². The Bertz CT molecular complexity index is 1300. The standard InChI is InChI=1S/C24H25Cl2F2N2O8P/c25-16-3-1-14(9-18(16)27)36-12-21(31)29-23-5-7-24(8-6-23,20(11-23)38-39(33,34)35)30-22(32)13-37-15-2-4-17(26)19(28)10-15/h1-4,9-10,20H,5-8,11-13H2,(H,29,31)(H,30,32)(H2,33,34,35). The molecule has 3 aliphatic carbocycles. The number of fused-ring (bicyclic) bond motifs is 3. The van der Waals surface area contributed by atoms with Gasteiger partial charge in [-0.2, -0.15) is 0 Å². The van der Waals surface area contributed by atoms with Crippen molar-refractivity contribution in [2.45, 2.75) is 49.3 Å². The van der Waals surface area contributed by atoms with Crippen molar-refractivity contribution in [3.05, 3.63) is 58.1 Å². The summed E-state index contributed by atoms with van der Waals surface area (Å²) >= 11 is 11.3. The molecule has 3 saturated carbocycles. The third kappa shape index (κ3) is 7.39. The summed E-state index contributed by atoms with van der Waals surface area (Å²) in [6.07, 6.45) is 0.0930. The lowest BCUT2D eigenvalue weighted by Crippen LogP contribution is -2.71. The molecule has 0 saturated heterocycles. The van der Waals surface area contributed by atoms with E-state index in [0.717, 1.165) is 12.1 Å². The summed E-state index contributed by atoms with van der Waals surface area (Å²) in [7, 11) is -4.97. The molecule has 2 aromatic carbocycles. The van der Waals surface area contributed by atoms with Gasteiger partial charge in [-0.3, -0.25) is 14.1 Å². The predicted molar refractivity (Wildman–Crippen MR) is 136 cm³/mol. The Balaban J connectivity index is 1.39. The number of phosphoric acid groups is 1. The van der Waals surface area contributed by atoms with Gasteiger partial charge in [-0.25, -0.2) is 13.3 Å². The topological polar surface area (TPSA) is 143 Å². The van der Waals surface area contributed by atoms with Crippen LogP contribution < -0.4 is 20.1 Å². The largest absolute Gasteiger partial charge is 0.484 e. The SMILES string of the molecule is O=C(COc1ccc(Cl)c(F)c1)NC12CCC(NC(=O)COc3ccc(Cl)c(F)c3)(CC1)C(OP(=O)(O)O)C2. The van der Waals surface area contributed by atoms with Crippen molar-refractivity contribution in [2.75, 3.05) is 13.2 Å². The fraction of sp³-hybridized carbons (Fsp3) is 0.417. The highest BCUT2D eigenvalue weighted by molar-refractivity contribution is 7.46. The molecule has 3 fully saturated rings. The zero-order valence-electron chi connectivity index (χ0n) is 20.3. The molecule has 2 amide bonds.